The zero-order chi connectivity index (χ0) is 18.9. The molecular weight excluding hydrogens is 417 g/mol. The molecule has 138 valence electrons. The van der Waals surface area contributed by atoms with Gasteiger partial charge in [-0.2, -0.15) is 0 Å². The predicted molar refractivity (Wildman–Crippen MR) is 93.4 cm³/mol. The van der Waals surface area contributed by atoms with Crippen molar-refractivity contribution in [2.75, 3.05) is 17.2 Å². The molecule has 0 atom stereocenters. The molecule has 0 radical (unpaired) electrons. The molecule has 0 saturated carbocycles. The molecule has 2 aromatic rings. The number of carbonyl (C=O) groups excluding carboxylic acids is 1. The van der Waals surface area contributed by atoms with E-state index in [0.717, 1.165) is 5.56 Å². The van der Waals surface area contributed by atoms with Crippen LogP contribution in [0.5, 0.6) is 5.75 Å². The van der Waals surface area contributed by atoms with Gasteiger partial charge in [0.15, 0.2) is 0 Å². The number of anilines is 3. The van der Waals surface area contributed by atoms with Gasteiger partial charge in [-0.05, 0) is 47.1 Å². The molecule has 2 heterocycles. The Hall–Kier alpha value is -2.49. The molecule has 1 aromatic heterocycles. The lowest BCUT2D eigenvalue weighted by Crippen LogP contribution is -2.39. The van der Waals surface area contributed by atoms with E-state index in [1.54, 1.807) is 17.2 Å². The first kappa shape index (κ1) is 18.3. The number of amides is 2. The number of fused-ring (bicyclic) bond motifs is 1. The average molecular weight is 431 g/mol. The molecular formula is C16H14BrF3N4O2. The molecule has 0 spiro atoms. The van der Waals surface area contributed by atoms with Crippen molar-refractivity contribution in [3.05, 3.63) is 40.5 Å². The van der Waals surface area contributed by atoms with Crippen LogP contribution in [-0.2, 0) is 6.54 Å². The third-order valence-corrected chi connectivity index (χ3v) is 4.36. The number of urea groups is 1. The summed E-state index contributed by atoms with van der Waals surface area (Å²) in [6.45, 7) is 2.78. The van der Waals surface area contributed by atoms with Gasteiger partial charge in [-0.1, -0.05) is 0 Å². The summed E-state index contributed by atoms with van der Waals surface area (Å²) >= 11 is 3.07. The van der Waals surface area contributed by atoms with Crippen LogP contribution in [0.15, 0.2) is 34.9 Å². The normalized spacial score (nSPS) is 13.9. The van der Waals surface area contributed by atoms with Gasteiger partial charge in [-0.15, -0.1) is 13.2 Å². The van der Waals surface area contributed by atoms with Gasteiger partial charge in [-0.3, -0.25) is 5.32 Å². The average Bonchev–Trinajstić information content (AvgIpc) is 2.56. The molecule has 26 heavy (non-hydrogen) atoms. The second-order valence-electron chi connectivity index (χ2n) is 5.45. The number of ether oxygens (including phenoxy) is 1. The Balaban J connectivity index is 1.85. The van der Waals surface area contributed by atoms with Crippen molar-refractivity contribution in [2.24, 2.45) is 0 Å². The number of carbonyl (C=O) groups is 1. The maximum atomic E-state index is 12.4. The number of alkyl halides is 3. The minimum atomic E-state index is -4.76. The van der Waals surface area contributed by atoms with Crippen molar-refractivity contribution in [2.45, 2.75) is 19.8 Å². The van der Waals surface area contributed by atoms with Crippen LogP contribution in [0.2, 0.25) is 0 Å². The van der Waals surface area contributed by atoms with E-state index in [0.29, 0.717) is 30.3 Å². The van der Waals surface area contributed by atoms with E-state index in [1.165, 1.54) is 18.2 Å². The van der Waals surface area contributed by atoms with E-state index in [-0.39, 0.29) is 16.3 Å². The van der Waals surface area contributed by atoms with E-state index in [9.17, 15) is 18.0 Å². The van der Waals surface area contributed by atoms with Gasteiger partial charge >= 0.3 is 12.4 Å². The Morgan fingerprint density at radius 1 is 1.38 bits per heavy atom. The summed E-state index contributed by atoms with van der Waals surface area (Å²) in [7, 11) is 0. The number of aromatic nitrogens is 1. The predicted octanol–water partition coefficient (Wildman–Crippen LogP) is 4.85. The van der Waals surface area contributed by atoms with Crippen molar-refractivity contribution in [1.82, 2.24) is 9.88 Å². The maximum Gasteiger partial charge on any atom is 0.573 e. The van der Waals surface area contributed by atoms with Crippen LogP contribution >= 0.6 is 15.9 Å². The van der Waals surface area contributed by atoms with E-state index >= 15 is 0 Å². The molecule has 0 aliphatic carbocycles. The van der Waals surface area contributed by atoms with Crippen molar-refractivity contribution in [3.8, 4) is 5.75 Å². The Kier molecular flexibility index (Phi) is 4.94. The summed E-state index contributed by atoms with van der Waals surface area (Å²) in [5.74, 6) is 0.130. The number of rotatable bonds is 4. The van der Waals surface area contributed by atoms with E-state index in [1.807, 2.05) is 6.92 Å². The maximum absolute atomic E-state index is 12.4. The summed E-state index contributed by atoms with van der Waals surface area (Å²) in [4.78, 5) is 17.7. The van der Waals surface area contributed by atoms with Gasteiger partial charge in [0.2, 0.25) is 0 Å². The third-order valence-electron chi connectivity index (χ3n) is 3.74. The Morgan fingerprint density at radius 2 is 2.15 bits per heavy atom. The molecule has 1 aliphatic rings. The number of nitrogens with one attached hydrogen (secondary N) is 2. The summed E-state index contributed by atoms with van der Waals surface area (Å²) in [5.41, 5.74) is 2.05. The monoisotopic (exact) mass is 430 g/mol. The van der Waals surface area contributed by atoms with E-state index in [2.05, 4.69) is 36.3 Å². The molecule has 0 unspecified atom stereocenters. The number of hydrogen-bond donors (Lipinski definition) is 2. The number of hydrogen-bond acceptors (Lipinski definition) is 4. The van der Waals surface area contributed by atoms with Crippen molar-refractivity contribution in [3.63, 3.8) is 0 Å². The molecule has 10 heteroatoms. The second kappa shape index (κ2) is 7.02. The van der Waals surface area contributed by atoms with Crippen LogP contribution in [0, 0.1) is 0 Å². The lowest BCUT2D eigenvalue weighted by Gasteiger charge is -2.29. The molecule has 2 N–H and O–H groups in total. The zero-order valence-corrected chi connectivity index (χ0v) is 15.1. The number of nitrogens with zero attached hydrogens (tertiary/aromatic N) is 2. The Labute approximate surface area is 155 Å². The van der Waals surface area contributed by atoms with Gasteiger partial charge in [0.05, 0.1) is 11.0 Å². The standard InChI is InChI=1S/C16H14BrF3N4O2/c1-2-24-8-10-12(5-6-21-14(10)23-15(24)25)22-9-3-4-13(11(17)7-9)26-16(18,19)20/h3-7H,2,8H2,1H3,(H2,21,22,23,25). The van der Waals surface area contributed by atoms with Crippen LogP contribution < -0.4 is 15.4 Å². The summed E-state index contributed by atoms with van der Waals surface area (Å²) in [6, 6.07) is 5.68. The smallest absolute Gasteiger partial charge is 0.405 e. The number of benzene rings is 1. The minimum absolute atomic E-state index is 0.159. The van der Waals surface area contributed by atoms with Gasteiger partial charge in [-0.25, -0.2) is 9.78 Å². The molecule has 6 nitrogen and oxygen atoms in total. The largest absolute Gasteiger partial charge is 0.573 e. The van der Waals surface area contributed by atoms with Gasteiger partial charge in [0.25, 0.3) is 0 Å². The summed E-state index contributed by atoms with van der Waals surface area (Å²) in [6.07, 6.45) is -3.22. The highest BCUT2D eigenvalue weighted by Crippen LogP contribution is 2.35. The molecule has 0 saturated heterocycles. The third kappa shape index (κ3) is 4.01. The van der Waals surface area contributed by atoms with Gasteiger partial charge in [0, 0.05) is 29.7 Å². The highest BCUT2D eigenvalue weighted by Gasteiger charge is 2.32. The summed E-state index contributed by atoms with van der Waals surface area (Å²) < 4.78 is 41.2. The van der Waals surface area contributed by atoms with Crippen LogP contribution in [-0.4, -0.2) is 28.8 Å². The molecule has 2 amide bonds. The first-order chi connectivity index (χ1) is 12.3. The molecule has 0 fully saturated rings. The molecule has 1 aliphatic heterocycles. The fourth-order valence-electron chi connectivity index (χ4n) is 2.52. The lowest BCUT2D eigenvalue weighted by atomic mass is 10.1. The fraction of sp³-hybridized carbons (Fsp3) is 0.250. The minimum Gasteiger partial charge on any atom is -0.405 e. The Bertz CT molecular complexity index is 845. The van der Waals surface area contributed by atoms with Crippen LogP contribution in [0.3, 0.4) is 0 Å². The van der Waals surface area contributed by atoms with Gasteiger partial charge in [0.1, 0.15) is 11.6 Å². The van der Waals surface area contributed by atoms with Crippen molar-refractivity contribution < 1.29 is 22.7 Å². The fourth-order valence-corrected chi connectivity index (χ4v) is 2.98. The van der Waals surface area contributed by atoms with E-state index in [4.69, 9.17) is 0 Å². The van der Waals surface area contributed by atoms with Crippen LogP contribution in [0.4, 0.5) is 35.2 Å². The quantitative estimate of drug-likeness (QED) is 0.727. The topological polar surface area (TPSA) is 66.5 Å². The number of pyridine rings is 1. The SMILES string of the molecule is CCN1Cc2c(Nc3ccc(OC(F)(F)F)c(Br)c3)ccnc2NC1=O. The molecule has 1 aromatic carbocycles. The molecule has 0 bridgehead atoms. The highest BCUT2D eigenvalue weighted by atomic mass is 79.9. The highest BCUT2D eigenvalue weighted by molar-refractivity contribution is 9.10. The first-order valence-corrected chi connectivity index (χ1v) is 8.42. The second-order valence-corrected chi connectivity index (χ2v) is 6.30. The van der Waals surface area contributed by atoms with Crippen LogP contribution in [0.25, 0.3) is 0 Å². The van der Waals surface area contributed by atoms with Crippen molar-refractivity contribution >= 4 is 39.2 Å². The molecule has 3 rings (SSSR count). The van der Waals surface area contributed by atoms with Crippen molar-refractivity contribution in [1.29, 1.82) is 0 Å². The van der Waals surface area contributed by atoms with E-state index < -0.39 is 6.36 Å². The Morgan fingerprint density at radius 3 is 2.81 bits per heavy atom. The van der Waals surface area contributed by atoms with Gasteiger partial charge < -0.3 is 15.0 Å². The zero-order valence-electron chi connectivity index (χ0n) is 13.5. The van der Waals surface area contributed by atoms with Crippen LogP contribution in [0.1, 0.15) is 12.5 Å². The number of halogens is 4. The summed E-state index contributed by atoms with van der Waals surface area (Å²) in [5, 5.41) is 5.85. The first-order valence-electron chi connectivity index (χ1n) is 7.63. The lowest BCUT2D eigenvalue weighted by molar-refractivity contribution is -0.274.